The molecule has 2 N–H and O–H groups in total. The number of hydrogen-bond donors (Lipinski definition) is 2. The minimum Gasteiger partial charge on any atom is -0.452 e. The highest BCUT2D eigenvalue weighted by Crippen LogP contribution is 2.19. The molecule has 3 amide bonds. The quantitative estimate of drug-likeness (QED) is 0.622. The minimum absolute atomic E-state index is 0.0520. The van der Waals surface area contributed by atoms with Crippen LogP contribution in [0.25, 0.3) is 0 Å². The lowest BCUT2D eigenvalue weighted by Gasteiger charge is -2.11. The number of urea groups is 1. The van der Waals surface area contributed by atoms with Gasteiger partial charge >= 0.3 is 12.0 Å². The Morgan fingerprint density at radius 2 is 1.59 bits per heavy atom. The second-order valence-electron chi connectivity index (χ2n) is 5.90. The summed E-state index contributed by atoms with van der Waals surface area (Å²) in [7, 11) is 1.35. The van der Waals surface area contributed by atoms with E-state index in [0.29, 0.717) is 5.56 Å². The van der Waals surface area contributed by atoms with Gasteiger partial charge in [-0.15, -0.1) is 0 Å². The SMILES string of the molecule is CNC(=O)NC(=O)COC(=O)c1ccccc1C(=O)c1cc(C)ccc1C. The predicted molar refractivity (Wildman–Crippen MR) is 98.7 cm³/mol. The highest BCUT2D eigenvalue weighted by atomic mass is 16.5. The molecule has 0 saturated heterocycles. The van der Waals surface area contributed by atoms with Gasteiger partial charge in [0.1, 0.15) is 0 Å². The highest BCUT2D eigenvalue weighted by molar-refractivity contribution is 6.15. The van der Waals surface area contributed by atoms with Gasteiger partial charge in [-0.3, -0.25) is 14.9 Å². The third-order valence-electron chi connectivity index (χ3n) is 3.84. The number of ketones is 1. The fourth-order valence-electron chi connectivity index (χ4n) is 2.42. The number of amides is 3. The molecule has 0 spiro atoms. The molecular formula is C20H20N2O5. The van der Waals surface area contributed by atoms with E-state index in [-0.39, 0.29) is 16.9 Å². The number of benzene rings is 2. The average molecular weight is 368 g/mol. The van der Waals surface area contributed by atoms with Crippen molar-refractivity contribution in [3.05, 3.63) is 70.3 Å². The van der Waals surface area contributed by atoms with Crippen molar-refractivity contribution in [3.63, 3.8) is 0 Å². The first-order chi connectivity index (χ1) is 12.8. The van der Waals surface area contributed by atoms with Crippen molar-refractivity contribution < 1.29 is 23.9 Å². The fraction of sp³-hybridized carbons (Fsp3) is 0.200. The van der Waals surface area contributed by atoms with Crippen LogP contribution in [0.1, 0.15) is 37.4 Å². The van der Waals surface area contributed by atoms with Crippen LogP contribution in [-0.4, -0.2) is 37.3 Å². The second kappa shape index (κ2) is 8.75. The van der Waals surface area contributed by atoms with Gasteiger partial charge in [0.05, 0.1) is 5.56 Å². The van der Waals surface area contributed by atoms with Gasteiger partial charge in [0.25, 0.3) is 5.91 Å². The van der Waals surface area contributed by atoms with Crippen molar-refractivity contribution in [3.8, 4) is 0 Å². The molecule has 0 aromatic heterocycles. The Bertz CT molecular complexity index is 905. The molecule has 0 aliphatic carbocycles. The molecule has 0 heterocycles. The molecule has 0 bridgehead atoms. The molecule has 2 rings (SSSR count). The maximum atomic E-state index is 12.9. The summed E-state index contributed by atoms with van der Waals surface area (Å²) in [5.41, 5.74) is 2.44. The van der Waals surface area contributed by atoms with Gasteiger partial charge in [0, 0.05) is 18.2 Å². The van der Waals surface area contributed by atoms with E-state index in [0.717, 1.165) is 11.1 Å². The van der Waals surface area contributed by atoms with Crippen LogP contribution in [0.3, 0.4) is 0 Å². The lowest BCUT2D eigenvalue weighted by Crippen LogP contribution is -2.39. The minimum atomic E-state index is -0.823. The molecule has 0 saturated carbocycles. The van der Waals surface area contributed by atoms with Crippen molar-refractivity contribution in [1.29, 1.82) is 0 Å². The third-order valence-corrected chi connectivity index (χ3v) is 3.84. The largest absolute Gasteiger partial charge is 0.452 e. The van der Waals surface area contributed by atoms with E-state index in [1.807, 2.05) is 31.3 Å². The van der Waals surface area contributed by atoms with Crippen LogP contribution in [0.2, 0.25) is 0 Å². The van der Waals surface area contributed by atoms with Gasteiger partial charge < -0.3 is 10.1 Å². The third kappa shape index (κ3) is 5.01. The van der Waals surface area contributed by atoms with Gasteiger partial charge in [-0.05, 0) is 31.5 Å². The van der Waals surface area contributed by atoms with E-state index < -0.39 is 24.5 Å². The summed E-state index contributed by atoms with van der Waals surface area (Å²) in [5.74, 6) is -1.91. The molecule has 27 heavy (non-hydrogen) atoms. The van der Waals surface area contributed by atoms with Crippen molar-refractivity contribution in [2.75, 3.05) is 13.7 Å². The zero-order valence-corrected chi connectivity index (χ0v) is 15.3. The van der Waals surface area contributed by atoms with Crippen molar-refractivity contribution >= 4 is 23.7 Å². The lowest BCUT2D eigenvalue weighted by atomic mass is 9.94. The van der Waals surface area contributed by atoms with Crippen LogP contribution in [0.15, 0.2) is 42.5 Å². The normalized spacial score (nSPS) is 10.0. The number of carbonyl (C=O) groups excluding carboxylic acids is 4. The number of imide groups is 1. The molecule has 0 radical (unpaired) electrons. The van der Waals surface area contributed by atoms with E-state index in [9.17, 15) is 19.2 Å². The van der Waals surface area contributed by atoms with E-state index in [1.165, 1.54) is 19.2 Å². The molecule has 0 atom stereocenters. The molecule has 0 unspecified atom stereocenters. The van der Waals surface area contributed by atoms with E-state index in [4.69, 9.17) is 4.74 Å². The van der Waals surface area contributed by atoms with Crippen LogP contribution in [0.5, 0.6) is 0 Å². The monoisotopic (exact) mass is 368 g/mol. The van der Waals surface area contributed by atoms with Crippen molar-refractivity contribution in [2.45, 2.75) is 13.8 Å². The van der Waals surface area contributed by atoms with Crippen LogP contribution in [0.4, 0.5) is 4.79 Å². The number of aryl methyl sites for hydroxylation is 2. The summed E-state index contributed by atoms with van der Waals surface area (Å²) >= 11 is 0. The van der Waals surface area contributed by atoms with Gasteiger partial charge in [-0.2, -0.15) is 0 Å². The topological polar surface area (TPSA) is 102 Å². The van der Waals surface area contributed by atoms with Gasteiger partial charge in [0.2, 0.25) is 0 Å². The Kier molecular flexibility index (Phi) is 6.43. The van der Waals surface area contributed by atoms with E-state index in [2.05, 4.69) is 5.32 Å². The van der Waals surface area contributed by atoms with E-state index in [1.54, 1.807) is 18.2 Å². The van der Waals surface area contributed by atoms with Crippen molar-refractivity contribution in [1.82, 2.24) is 10.6 Å². The first-order valence-corrected chi connectivity index (χ1v) is 8.23. The standard InChI is InChI=1S/C20H20N2O5/c1-12-8-9-13(2)16(10-12)18(24)14-6-4-5-7-15(14)19(25)27-11-17(23)22-20(26)21-3/h4-10H,11H2,1-3H3,(H2,21,22,23,26). The molecule has 0 aliphatic heterocycles. The van der Waals surface area contributed by atoms with Crippen LogP contribution in [0, 0.1) is 13.8 Å². The number of rotatable bonds is 5. The maximum Gasteiger partial charge on any atom is 0.339 e. The summed E-state index contributed by atoms with van der Waals surface area (Å²) in [4.78, 5) is 47.9. The zero-order chi connectivity index (χ0) is 20.0. The number of esters is 1. The predicted octanol–water partition coefficient (Wildman–Crippen LogP) is 2.15. The van der Waals surface area contributed by atoms with Gasteiger partial charge in [-0.25, -0.2) is 9.59 Å². The molecule has 0 fully saturated rings. The van der Waals surface area contributed by atoms with Gasteiger partial charge in [-0.1, -0.05) is 35.9 Å². The second-order valence-corrected chi connectivity index (χ2v) is 5.90. The summed E-state index contributed by atoms with van der Waals surface area (Å²) in [6.45, 7) is 3.05. The Labute approximate surface area is 156 Å². The molecule has 140 valence electrons. The molecule has 2 aromatic carbocycles. The van der Waals surface area contributed by atoms with Gasteiger partial charge in [0.15, 0.2) is 12.4 Å². The Morgan fingerprint density at radius 3 is 2.26 bits per heavy atom. The molecule has 7 nitrogen and oxygen atoms in total. The Hall–Kier alpha value is -3.48. The van der Waals surface area contributed by atoms with E-state index >= 15 is 0 Å². The molecule has 2 aromatic rings. The van der Waals surface area contributed by atoms with Crippen LogP contribution >= 0.6 is 0 Å². The number of ether oxygens (including phenoxy) is 1. The lowest BCUT2D eigenvalue weighted by molar-refractivity contribution is -0.123. The Balaban J connectivity index is 2.21. The summed E-state index contributed by atoms with van der Waals surface area (Å²) < 4.78 is 4.93. The average Bonchev–Trinajstić information content (AvgIpc) is 2.67. The van der Waals surface area contributed by atoms with Crippen LogP contribution in [-0.2, 0) is 9.53 Å². The van der Waals surface area contributed by atoms with Crippen molar-refractivity contribution in [2.24, 2.45) is 0 Å². The summed E-state index contributed by atoms with van der Waals surface area (Å²) in [5, 5.41) is 4.19. The number of nitrogens with one attached hydrogen (secondary N) is 2. The zero-order valence-electron chi connectivity index (χ0n) is 15.3. The molecular weight excluding hydrogens is 348 g/mol. The highest BCUT2D eigenvalue weighted by Gasteiger charge is 2.21. The first-order valence-electron chi connectivity index (χ1n) is 8.23. The Morgan fingerprint density at radius 1 is 0.926 bits per heavy atom. The fourth-order valence-corrected chi connectivity index (χ4v) is 2.42. The molecule has 0 aliphatic rings. The maximum absolute atomic E-state index is 12.9. The molecule has 7 heteroatoms. The summed E-state index contributed by atoms with van der Waals surface area (Å²) in [6, 6.07) is 11.0. The van der Waals surface area contributed by atoms with Crippen LogP contribution < -0.4 is 10.6 Å². The number of carbonyl (C=O) groups is 4. The number of hydrogen-bond acceptors (Lipinski definition) is 5. The first kappa shape index (κ1) is 19.8. The summed E-state index contributed by atoms with van der Waals surface area (Å²) in [6.07, 6.45) is 0. The smallest absolute Gasteiger partial charge is 0.339 e.